The molecular weight excluding hydrogens is 383 g/mol. The molecule has 0 bridgehead atoms. The second kappa shape index (κ2) is 10.2. The number of carbonyl (C=O) groups is 1. The molecule has 0 atom stereocenters. The van der Waals surface area contributed by atoms with Gasteiger partial charge in [0.05, 0.1) is 16.7 Å². The van der Waals surface area contributed by atoms with Gasteiger partial charge in [-0.2, -0.15) is 0 Å². The Morgan fingerprint density at radius 1 is 1.11 bits per heavy atom. The fourth-order valence-electron chi connectivity index (χ4n) is 2.45. The monoisotopic (exact) mass is 408 g/mol. The Kier molecular flexibility index (Phi) is 7.95. The summed E-state index contributed by atoms with van der Waals surface area (Å²) in [5.41, 5.74) is 0.352. The van der Waals surface area contributed by atoms with E-state index in [-0.39, 0.29) is 17.5 Å². The number of anilines is 1. The van der Waals surface area contributed by atoms with Crippen molar-refractivity contribution in [3.8, 4) is 0 Å². The first-order chi connectivity index (χ1) is 13.3. The maximum absolute atomic E-state index is 13.2. The standard InChI is InChI=1S/C20H25FN2O4S/c1-16(2)27-14-6-13-22-20(24)15-23(18-7-4-3-5-8-18)28(25,26)19-11-9-17(21)10-12-19/h3-5,7-12,16H,6,13-15H2,1-2H3,(H,22,24). The summed E-state index contributed by atoms with van der Waals surface area (Å²) in [6.45, 7) is 4.36. The van der Waals surface area contributed by atoms with E-state index in [0.717, 1.165) is 16.4 Å². The van der Waals surface area contributed by atoms with Gasteiger partial charge in [0.25, 0.3) is 10.0 Å². The highest BCUT2D eigenvalue weighted by Crippen LogP contribution is 2.23. The molecule has 2 rings (SSSR count). The third-order valence-electron chi connectivity index (χ3n) is 3.83. The highest BCUT2D eigenvalue weighted by Gasteiger charge is 2.27. The topological polar surface area (TPSA) is 75.7 Å². The van der Waals surface area contributed by atoms with Gasteiger partial charge in [-0.1, -0.05) is 18.2 Å². The molecule has 0 spiro atoms. The maximum Gasteiger partial charge on any atom is 0.264 e. The average molecular weight is 408 g/mol. The minimum absolute atomic E-state index is 0.0871. The molecule has 2 aromatic rings. The summed E-state index contributed by atoms with van der Waals surface area (Å²) in [4.78, 5) is 12.3. The van der Waals surface area contributed by atoms with E-state index < -0.39 is 21.7 Å². The fourth-order valence-corrected chi connectivity index (χ4v) is 3.87. The van der Waals surface area contributed by atoms with Crippen molar-refractivity contribution >= 4 is 21.6 Å². The summed E-state index contributed by atoms with van der Waals surface area (Å²) in [6.07, 6.45) is 0.741. The van der Waals surface area contributed by atoms with E-state index in [1.54, 1.807) is 30.3 Å². The second-order valence-corrected chi connectivity index (χ2v) is 8.29. The molecule has 2 aromatic carbocycles. The number of sulfonamides is 1. The molecule has 0 aromatic heterocycles. The van der Waals surface area contributed by atoms with Crippen LogP contribution in [0.2, 0.25) is 0 Å². The molecule has 0 saturated carbocycles. The van der Waals surface area contributed by atoms with Crippen LogP contribution < -0.4 is 9.62 Å². The molecule has 152 valence electrons. The minimum Gasteiger partial charge on any atom is -0.379 e. The molecule has 0 aliphatic rings. The number of nitrogens with one attached hydrogen (secondary N) is 1. The van der Waals surface area contributed by atoms with E-state index in [4.69, 9.17) is 4.74 Å². The number of benzene rings is 2. The van der Waals surface area contributed by atoms with Gasteiger partial charge >= 0.3 is 0 Å². The van der Waals surface area contributed by atoms with Crippen molar-refractivity contribution < 1.29 is 22.3 Å². The van der Waals surface area contributed by atoms with Crippen molar-refractivity contribution in [2.45, 2.75) is 31.3 Å². The maximum atomic E-state index is 13.2. The average Bonchev–Trinajstić information content (AvgIpc) is 2.66. The van der Waals surface area contributed by atoms with Gasteiger partial charge in [-0.15, -0.1) is 0 Å². The van der Waals surface area contributed by atoms with Crippen LogP contribution in [0.1, 0.15) is 20.3 Å². The van der Waals surface area contributed by atoms with Gasteiger partial charge in [0.1, 0.15) is 12.4 Å². The molecule has 28 heavy (non-hydrogen) atoms. The van der Waals surface area contributed by atoms with Crippen molar-refractivity contribution in [1.82, 2.24) is 5.32 Å². The van der Waals surface area contributed by atoms with Crippen molar-refractivity contribution in [2.75, 3.05) is 24.0 Å². The van der Waals surface area contributed by atoms with E-state index in [0.29, 0.717) is 25.3 Å². The molecule has 0 aliphatic carbocycles. The summed E-state index contributed by atoms with van der Waals surface area (Å²) in [5.74, 6) is -0.967. The number of rotatable bonds is 10. The smallest absolute Gasteiger partial charge is 0.264 e. The molecule has 0 unspecified atom stereocenters. The number of halogens is 1. The molecule has 0 saturated heterocycles. The van der Waals surface area contributed by atoms with Crippen molar-refractivity contribution in [3.05, 3.63) is 60.4 Å². The summed E-state index contributed by atoms with van der Waals surface area (Å²) in [7, 11) is -4.03. The molecule has 1 amide bonds. The van der Waals surface area contributed by atoms with Crippen LogP contribution in [-0.4, -0.2) is 40.1 Å². The number of hydrogen-bond donors (Lipinski definition) is 1. The predicted molar refractivity (Wildman–Crippen MR) is 106 cm³/mol. The van der Waals surface area contributed by atoms with Gasteiger partial charge in [-0.25, -0.2) is 12.8 Å². The Hall–Kier alpha value is -2.45. The summed E-state index contributed by atoms with van der Waals surface area (Å²) < 4.78 is 45.7. The normalized spacial score (nSPS) is 11.4. The Balaban J connectivity index is 2.12. The van der Waals surface area contributed by atoms with E-state index in [1.807, 2.05) is 13.8 Å². The lowest BCUT2D eigenvalue weighted by atomic mass is 10.3. The van der Waals surface area contributed by atoms with Gasteiger partial charge in [0, 0.05) is 13.2 Å². The predicted octanol–water partition coefficient (Wildman–Crippen LogP) is 2.95. The van der Waals surface area contributed by atoms with Crippen LogP contribution in [0, 0.1) is 5.82 Å². The fraction of sp³-hybridized carbons (Fsp3) is 0.350. The lowest BCUT2D eigenvalue weighted by molar-refractivity contribution is -0.119. The Morgan fingerprint density at radius 3 is 2.36 bits per heavy atom. The first-order valence-corrected chi connectivity index (χ1v) is 10.5. The first kappa shape index (κ1) is 21.8. The highest BCUT2D eigenvalue weighted by atomic mass is 32.2. The largest absolute Gasteiger partial charge is 0.379 e. The van der Waals surface area contributed by atoms with Crippen LogP contribution in [-0.2, 0) is 19.6 Å². The lowest BCUT2D eigenvalue weighted by Gasteiger charge is -2.24. The molecule has 0 heterocycles. The van der Waals surface area contributed by atoms with E-state index in [2.05, 4.69) is 5.32 Å². The van der Waals surface area contributed by atoms with Gasteiger partial charge in [0.15, 0.2) is 0 Å². The number of amides is 1. The molecule has 0 aliphatic heterocycles. The van der Waals surface area contributed by atoms with Crippen LogP contribution in [0.4, 0.5) is 10.1 Å². The Labute approximate surface area is 165 Å². The van der Waals surface area contributed by atoms with Crippen LogP contribution in [0.5, 0.6) is 0 Å². The lowest BCUT2D eigenvalue weighted by Crippen LogP contribution is -2.41. The third-order valence-corrected chi connectivity index (χ3v) is 5.62. The molecule has 0 radical (unpaired) electrons. The number of nitrogens with zero attached hydrogens (tertiary/aromatic N) is 1. The van der Waals surface area contributed by atoms with Crippen LogP contribution in [0.3, 0.4) is 0 Å². The van der Waals surface area contributed by atoms with E-state index in [1.165, 1.54) is 12.1 Å². The summed E-state index contributed by atoms with van der Waals surface area (Å²) in [6, 6.07) is 12.8. The third kappa shape index (κ3) is 6.31. The van der Waals surface area contributed by atoms with Crippen LogP contribution in [0.25, 0.3) is 0 Å². The first-order valence-electron chi connectivity index (χ1n) is 9.02. The number of carbonyl (C=O) groups excluding carboxylic acids is 1. The van der Waals surface area contributed by atoms with E-state index >= 15 is 0 Å². The number of ether oxygens (including phenoxy) is 1. The number of hydrogen-bond acceptors (Lipinski definition) is 4. The Bertz CT molecular complexity index is 856. The van der Waals surface area contributed by atoms with Crippen molar-refractivity contribution in [2.24, 2.45) is 0 Å². The summed E-state index contributed by atoms with van der Waals surface area (Å²) in [5, 5.41) is 2.70. The molecule has 8 heteroatoms. The second-order valence-electron chi connectivity index (χ2n) is 6.42. The zero-order valence-electron chi connectivity index (χ0n) is 16.0. The molecule has 0 fully saturated rings. The SMILES string of the molecule is CC(C)OCCCNC(=O)CN(c1ccccc1)S(=O)(=O)c1ccc(F)cc1. The van der Waals surface area contributed by atoms with Gasteiger partial charge < -0.3 is 10.1 Å². The Morgan fingerprint density at radius 2 is 1.75 bits per heavy atom. The molecule has 6 nitrogen and oxygen atoms in total. The quantitative estimate of drug-likeness (QED) is 0.614. The zero-order chi connectivity index (χ0) is 20.6. The minimum atomic E-state index is -4.03. The molecule has 1 N–H and O–H groups in total. The van der Waals surface area contributed by atoms with Gasteiger partial charge in [0.2, 0.25) is 5.91 Å². The molecular formula is C20H25FN2O4S. The van der Waals surface area contributed by atoms with Gasteiger partial charge in [-0.3, -0.25) is 9.10 Å². The van der Waals surface area contributed by atoms with Crippen molar-refractivity contribution in [1.29, 1.82) is 0 Å². The highest BCUT2D eigenvalue weighted by molar-refractivity contribution is 7.92. The zero-order valence-corrected chi connectivity index (χ0v) is 16.8. The van der Waals surface area contributed by atoms with Crippen molar-refractivity contribution in [3.63, 3.8) is 0 Å². The van der Waals surface area contributed by atoms with Crippen LogP contribution in [0.15, 0.2) is 59.5 Å². The number of para-hydroxylation sites is 1. The summed E-state index contributed by atoms with van der Waals surface area (Å²) >= 11 is 0. The van der Waals surface area contributed by atoms with Gasteiger partial charge in [-0.05, 0) is 56.7 Å². The van der Waals surface area contributed by atoms with E-state index in [9.17, 15) is 17.6 Å². The van der Waals surface area contributed by atoms with Crippen LogP contribution >= 0.6 is 0 Å².